The lowest BCUT2D eigenvalue weighted by molar-refractivity contribution is -0.144. The van der Waals surface area contributed by atoms with E-state index in [1.54, 1.807) is 12.3 Å². The van der Waals surface area contributed by atoms with Gasteiger partial charge in [-0.3, -0.25) is 9.59 Å². The summed E-state index contributed by atoms with van der Waals surface area (Å²) < 4.78 is 15.1. The number of hydrogen-bond acceptors (Lipinski definition) is 5. The van der Waals surface area contributed by atoms with Crippen LogP contribution in [0.25, 0.3) is 22.0 Å². The lowest BCUT2D eigenvalue weighted by atomic mass is 10.1. The Morgan fingerprint density at radius 2 is 2.00 bits per heavy atom. The van der Waals surface area contributed by atoms with E-state index in [4.69, 9.17) is 13.9 Å². The topological polar surface area (TPSA) is 81.5 Å². The summed E-state index contributed by atoms with van der Waals surface area (Å²) in [5.41, 5.74) is 2.81. The van der Waals surface area contributed by atoms with Gasteiger partial charge in [0.05, 0.1) is 19.3 Å². The number of para-hydroxylation sites is 1. The van der Waals surface area contributed by atoms with Crippen LogP contribution in [0.15, 0.2) is 47.2 Å². The molecule has 25 heavy (non-hydrogen) atoms. The van der Waals surface area contributed by atoms with E-state index in [1.165, 1.54) is 7.11 Å². The molecule has 0 atom stereocenters. The monoisotopic (exact) mass is 341 g/mol. The van der Waals surface area contributed by atoms with E-state index >= 15 is 0 Å². The number of carbonyl (C=O) groups is 2. The van der Waals surface area contributed by atoms with Crippen LogP contribution < -0.4 is 0 Å². The number of methoxy groups -OCH3 is 1. The Morgan fingerprint density at radius 3 is 2.84 bits per heavy atom. The number of ketones is 1. The fraction of sp³-hybridized carbons (Fsp3) is 0.263. The maximum atomic E-state index is 12.2. The largest absolute Gasteiger partial charge is 0.463 e. The van der Waals surface area contributed by atoms with Crippen molar-refractivity contribution in [1.82, 2.24) is 4.98 Å². The van der Waals surface area contributed by atoms with E-state index in [1.807, 2.05) is 30.5 Å². The molecule has 0 unspecified atom stereocenters. The van der Waals surface area contributed by atoms with E-state index in [0.717, 1.165) is 22.0 Å². The van der Waals surface area contributed by atoms with Gasteiger partial charge in [0.2, 0.25) is 0 Å². The Morgan fingerprint density at radius 1 is 1.16 bits per heavy atom. The van der Waals surface area contributed by atoms with Crippen molar-refractivity contribution in [2.45, 2.75) is 12.8 Å². The van der Waals surface area contributed by atoms with Gasteiger partial charge in [0.1, 0.15) is 6.61 Å². The quantitative estimate of drug-likeness (QED) is 0.385. The van der Waals surface area contributed by atoms with Crippen molar-refractivity contribution >= 4 is 22.7 Å². The minimum absolute atomic E-state index is 0.0195. The second-order valence-corrected chi connectivity index (χ2v) is 5.58. The van der Waals surface area contributed by atoms with E-state index < -0.39 is 5.97 Å². The molecule has 2 aromatic heterocycles. The average molecular weight is 341 g/mol. The molecule has 6 heteroatoms. The predicted octanol–water partition coefficient (Wildman–Crippen LogP) is 3.58. The molecule has 0 aliphatic rings. The third-order valence-corrected chi connectivity index (χ3v) is 3.88. The SMILES string of the molecule is COCCOC(=O)CCC(=O)c1cc(-c2c[nH]c3ccccc23)co1. The molecule has 2 heterocycles. The summed E-state index contributed by atoms with van der Waals surface area (Å²) in [5.74, 6) is -0.409. The number of furan rings is 1. The summed E-state index contributed by atoms with van der Waals surface area (Å²) in [4.78, 5) is 26.9. The first kappa shape index (κ1) is 17.0. The highest BCUT2D eigenvalue weighted by molar-refractivity contribution is 5.99. The number of rotatable bonds is 8. The highest BCUT2D eigenvalue weighted by Crippen LogP contribution is 2.30. The summed E-state index contributed by atoms with van der Waals surface area (Å²) in [7, 11) is 1.53. The van der Waals surface area contributed by atoms with Crippen LogP contribution in [0.2, 0.25) is 0 Å². The molecule has 0 aliphatic heterocycles. The minimum Gasteiger partial charge on any atom is -0.463 e. The molecule has 6 nitrogen and oxygen atoms in total. The fourth-order valence-corrected chi connectivity index (χ4v) is 2.58. The molecule has 1 aromatic carbocycles. The number of benzene rings is 1. The summed E-state index contributed by atoms with van der Waals surface area (Å²) in [6.07, 6.45) is 3.51. The third kappa shape index (κ3) is 3.97. The predicted molar refractivity (Wildman–Crippen MR) is 92.4 cm³/mol. The van der Waals surface area contributed by atoms with Gasteiger partial charge >= 0.3 is 5.97 Å². The van der Waals surface area contributed by atoms with Gasteiger partial charge in [0.25, 0.3) is 0 Å². The molecule has 3 aromatic rings. The van der Waals surface area contributed by atoms with Crippen LogP contribution in [0, 0.1) is 0 Å². The van der Waals surface area contributed by atoms with Gasteiger partial charge in [-0.05, 0) is 12.1 Å². The first-order valence-corrected chi connectivity index (χ1v) is 8.02. The van der Waals surface area contributed by atoms with Crippen molar-refractivity contribution in [3.63, 3.8) is 0 Å². The molecule has 0 aliphatic carbocycles. The molecule has 3 rings (SSSR count). The molecule has 0 spiro atoms. The molecular formula is C19H19NO5. The van der Waals surface area contributed by atoms with Crippen LogP contribution in [0.5, 0.6) is 0 Å². The molecule has 1 N–H and O–H groups in total. The summed E-state index contributed by atoms with van der Waals surface area (Å²) in [5, 5.41) is 1.06. The number of fused-ring (bicyclic) bond motifs is 1. The van der Waals surface area contributed by atoms with Crippen molar-refractivity contribution in [2.24, 2.45) is 0 Å². The normalized spacial score (nSPS) is 10.9. The standard InChI is InChI=1S/C19H19NO5/c1-23-8-9-24-19(22)7-6-17(21)18-10-13(12-25-18)15-11-20-16-5-3-2-4-14(15)16/h2-5,10-12,20H,6-9H2,1H3. The molecule has 0 saturated carbocycles. The molecule has 0 fully saturated rings. The minimum atomic E-state index is -0.422. The molecule has 130 valence electrons. The van der Waals surface area contributed by atoms with Gasteiger partial charge in [0, 0.05) is 41.8 Å². The Hall–Kier alpha value is -2.86. The lowest BCUT2D eigenvalue weighted by Gasteiger charge is -2.02. The van der Waals surface area contributed by atoms with E-state index in [0.29, 0.717) is 6.61 Å². The maximum absolute atomic E-state index is 12.2. The second-order valence-electron chi connectivity index (χ2n) is 5.58. The van der Waals surface area contributed by atoms with Crippen LogP contribution in [-0.2, 0) is 14.3 Å². The Labute approximate surface area is 144 Å². The van der Waals surface area contributed by atoms with Gasteiger partial charge in [-0.2, -0.15) is 0 Å². The van der Waals surface area contributed by atoms with Crippen molar-refractivity contribution in [2.75, 3.05) is 20.3 Å². The smallest absolute Gasteiger partial charge is 0.306 e. The lowest BCUT2D eigenvalue weighted by Crippen LogP contribution is -2.11. The van der Waals surface area contributed by atoms with Crippen LogP contribution in [0.4, 0.5) is 0 Å². The summed E-state index contributed by atoms with van der Waals surface area (Å²) in [6, 6.07) is 9.61. The third-order valence-electron chi connectivity index (χ3n) is 3.88. The number of ether oxygens (including phenoxy) is 2. The Balaban J connectivity index is 1.63. The second kappa shape index (κ2) is 7.81. The molecule has 0 radical (unpaired) electrons. The fourth-order valence-electron chi connectivity index (χ4n) is 2.58. The maximum Gasteiger partial charge on any atom is 0.306 e. The van der Waals surface area contributed by atoms with Gasteiger partial charge in [-0.25, -0.2) is 0 Å². The number of aromatic amines is 1. The van der Waals surface area contributed by atoms with Crippen molar-refractivity contribution < 1.29 is 23.5 Å². The van der Waals surface area contributed by atoms with Crippen molar-refractivity contribution in [3.8, 4) is 11.1 Å². The number of carbonyl (C=O) groups excluding carboxylic acids is 2. The molecule has 0 bridgehead atoms. The van der Waals surface area contributed by atoms with Crippen LogP contribution >= 0.6 is 0 Å². The highest BCUT2D eigenvalue weighted by atomic mass is 16.6. The number of H-pyrrole nitrogens is 1. The summed E-state index contributed by atoms with van der Waals surface area (Å²) >= 11 is 0. The van der Waals surface area contributed by atoms with Crippen LogP contribution in [0.3, 0.4) is 0 Å². The Bertz CT molecular complexity index is 877. The molecule has 0 saturated heterocycles. The van der Waals surface area contributed by atoms with Crippen LogP contribution in [-0.4, -0.2) is 37.1 Å². The van der Waals surface area contributed by atoms with Crippen molar-refractivity contribution in [1.29, 1.82) is 0 Å². The highest BCUT2D eigenvalue weighted by Gasteiger charge is 2.16. The van der Waals surface area contributed by atoms with Gasteiger partial charge < -0.3 is 18.9 Å². The number of esters is 1. The number of nitrogens with one attached hydrogen (secondary N) is 1. The molecular weight excluding hydrogens is 322 g/mol. The zero-order valence-corrected chi connectivity index (χ0v) is 13.9. The summed E-state index contributed by atoms with van der Waals surface area (Å²) in [6.45, 7) is 0.529. The van der Waals surface area contributed by atoms with Gasteiger partial charge in [0.15, 0.2) is 11.5 Å². The van der Waals surface area contributed by atoms with E-state index in [-0.39, 0.29) is 31.0 Å². The van der Waals surface area contributed by atoms with Gasteiger partial charge in [-0.1, -0.05) is 18.2 Å². The zero-order valence-electron chi connectivity index (χ0n) is 13.9. The zero-order chi connectivity index (χ0) is 17.6. The number of hydrogen-bond donors (Lipinski definition) is 1. The van der Waals surface area contributed by atoms with E-state index in [2.05, 4.69) is 4.98 Å². The van der Waals surface area contributed by atoms with E-state index in [9.17, 15) is 9.59 Å². The number of aromatic nitrogens is 1. The van der Waals surface area contributed by atoms with Crippen LogP contribution in [0.1, 0.15) is 23.4 Å². The first-order chi connectivity index (χ1) is 12.2. The average Bonchev–Trinajstić information content (AvgIpc) is 3.26. The number of Topliss-reactive ketones (excluding diaryl/α,β-unsaturated/α-hetero) is 1. The molecule has 0 amide bonds. The first-order valence-electron chi connectivity index (χ1n) is 8.02. The van der Waals surface area contributed by atoms with Crippen molar-refractivity contribution in [3.05, 3.63) is 48.6 Å². The van der Waals surface area contributed by atoms with Gasteiger partial charge in [-0.15, -0.1) is 0 Å². The Kier molecular flexibility index (Phi) is 5.30.